The van der Waals surface area contributed by atoms with Crippen molar-refractivity contribution in [2.75, 3.05) is 0 Å². The lowest BCUT2D eigenvalue weighted by Crippen LogP contribution is -2.32. The van der Waals surface area contributed by atoms with Crippen molar-refractivity contribution in [3.05, 3.63) is 22.0 Å². The predicted molar refractivity (Wildman–Crippen MR) is 99.9 cm³/mol. The molecule has 0 aromatic carbocycles. The molecule has 130 valence electrons. The Morgan fingerprint density at radius 1 is 1.29 bits per heavy atom. The molecule has 24 heavy (non-hydrogen) atoms. The summed E-state index contributed by atoms with van der Waals surface area (Å²) in [6.07, 6.45) is 7.01. The second-order valence-electron chi connectivity index (χ2n) is 7.05. The van der Waals surface area contributed by atoms with Crippen LogP contribution in [0.5, 0.6) is 0 Å². The van der Waals surface area contributed by atoms with Gasteiger partial charge >= 0.3 is 0 Å². The Morgan fingerprint density at radius 3 is 2.71 bits per heavy atom. The van der Waals surface area contributed by atoms with Gasteiger partial charge in [-0.3, -0.25) is 4.79 Å². The second-order valence-corrected chi connectivity index (χ2v) is 8.05. The highest BCUT2D eigenvalue weighted by atomic mass is 32.1. The molecule has 1 N–H and O–H groups in total. The molecule has 2 aromatic rings. The molecular formula is C19H27N3OS. The Hall–Kier alpha value is -1.49. The third kappa shape index (κ3) is 3.61. The van der Waals surface area contributed by atoms with Crippen molar-refractivity contribution in [1.29, 1.82) is 0 Å². The number of unbranched alkanes of at least 4 members (excludes halogenated alkanes) is 2. The maximum Gasteiger partial charge on any atom is 0.261 e. The lowest BCUT2D eigenvalue weighted by atomic mass is 10.1. The molecule has 1 aliphatic carbocycles. The van der Waals surface area contributed by atoms with Crippen LogP contribution in [0.4, 0.5) is 0 Å². The quantitative estimate of drug-likeness (QED) is 0.727. The molecule has 0 saturated heterocycles. The third-order valence-corrected chi connectivity index (χ3v) is 5.94. The number of carbonyl (C=O) groups is 1. The molecule has 1 amide bonds. The maximum absolute atomic E-state index is 12.7. The zero-order valence-electron chi connectivity index (χ0n) is 15.1. The van der Waals surface area contributed by atoms with Crippen molar-refractivity contribution in [2.45, 2.75) is 78.2 Å². The summed E-state index contributed by atoms with van der Waals surface area (Å²) in [5, 5.41) is 4.21. The molecule has 1 atom stereocenters. The monoisotopic (exact) mass is 345 g/mol. The number of aromatic nitrogens is 2. The molecule has 1 fully saturated rings. The smallest absolute Gasteiger partial charge is 0.261 e. The minimum absolute atomic E-state index is 0.0341. The van der Waals surface area contributed by atoms with Gasteiger partial charge in [0.2, 0.25) is 0 Å². The molecule has 3 rings (SSSR count). The first-order chi connectivity index (χ1) is 11.5. The van der Waals surface area contributed by atoms with Gasteiger partial charge in [-0.15, -0.1) is 11.3 Å². The van der Waals surface area contributed by atoms with Crippen LogP contribution in [0.25, 0.3) is 10.2 Å². The third-order valence-electron chi connectivity index (χ3n) is 4.76. The van der Waals surface area contributed by atoms with E-state index in [9.17, 15) is 4.79 Å². The zero-order chi connectivity index (χ0) is 17.3. The largest absolute Gasteiger partial charge is 0.349 e. The summed E-state index contributed by atoms with van der Waals surface area (Å²) < 4.78 is 0. The van der Waals surface area contributed by atoms with Gasteiger partial charge in [-0.1, -0.05) is 26.2 Å². The van der Waals surface area contributed by atoms with Crippen LogP contribution in [0.1, 0.15) is 85.0 Å². The van der Waals surface area contributed by atoms with Crippen LogP contribution in [-0.4, -0.2) is 21.9 Å². The standard InChI is InChI=1S/C19H27N3OS/c1-5-6-7-8-11(2)20-18(23)16-12(3)15-13(4)21-17(14-9-10-14)22-19(15)24-16/h11,14H,5-10H2,1-4H3,(H,20,23). The fourth-order valence-electron chi connectivity index (χ4n) is 3.16. The van der Waals surface area contributed by atoms with Crippen molar-refractivity contribution in [2.24, 2.45) is 0 Å². The summed E-state index contributed by atoms with van der Waals surface area (Å²) in [5.74, 6) is 1.53. The predicted octanol–water partition coefficient (Wildman–Crippen LogP) is 4.88. The summed E-state index contributed by atoms with van der Waals surface area (Å²) in [6, 6.07) is 0.211. The minimum Gasteiger partial charge on any atom is -0.349 e. The highest BCUT2D eigenvalue weighted by Crippen LogP contribution is 2.40. The fraction of sp³-hybridized carbons (Fsp3) is 0.632. The molecule has 2 aromatic heterocycles. The van der Waals surface area contributed by atoms with Crippen LogP contribution >= 0.6 is 11.3 Å². The number of thiophene rings is 1. The number of fused-ring (bicyclic) bond motifs is 1. The van der Waals surface area contributed by atoms with Crippen molar-refractivity contribution >= 4 is 27.5 Å². The Bertz CT molecular complexity index is 749. The van der Waals surface area contributed by atoms with Crippen LogP contribution in [0, 0.1) is 13.8 Å². The van der Waals surface area contributed by atoms with Crippen LogP contribution in [0.2, 0.25) is 0 Å². The van der Waals surface area contributed by atoms with E-state index < -0.39 is 0 Å². The number of carbonyl (C=O) groups excluding carboxylic acids is 1. The van der Waals surface area contributed by atoms with E-state index in [2.05, 4.69) is 24.1 Å². The molecule has 1 unspecified atom stereocenters. The van der Waals surface area contributed by atoms with E-state index in [0.29, 0.717) is 5.92 Å². The van der Waals surface area contributed by atoms with Gasteiger partial charge in [0, 0.05) is 17.3 Å². The van der Waals surface area contributed by atoms with Crippen LogP contribution in [-0.2, 0) is 0 Å². The lowest BCUT2D eigenvalue weighted by molar-refractivity contribution is 0.0941. The van der Waals surface area contributed by atoms with E-state index in [1.165, 1.54) is 43.4 Å². The molecule has 4 nitrogen and oxygen atoms in total. The van der Waals surface area contributed by atoms with E-state index >= 15 is 0 Å². The van der Waals surface area contributed by atoms with Crippen LogP contribution in [0.3, 0.4) is 0 Å². The van der Waals surface area contributed by atoms with Crippen LogP contribution < -0.4 is 5.32 Å². The van der Waals surface area contributed by atoms with E-state index in [0.717, 1.165) is 38.6 Å². The molecule has 5 heteroatoms. The van der Waals surface area contributed by atoms with E-state index in [1.807, 2.05) is 13.8 Å². The van der Waals surface area contributed by atoms with E-state index in [4.69, 9.17) is 4.98 Å². The van der Waals surface area contributed by atoms with Gasteiger partial charge in [-0.25, -0.2) is 9.97 Å². The Kier molecular flexibility index (Phi) is 5.18. The number of nitrogens with zero attached hydrogens (tertiary/aromatic N) is 2. The number of aryl methyl sites for hydroxylation is 2. The Balaban J connectivity index is 1.80. The molecule has 0 spiro atoms. The first-order valence-corrected chi connectivity index (χ1v) is 9.91. The van der Waals surface area contributed by atoms with Gasteiger partial charge in [0.15, 0.2) is 0 Å². The van der Waals surface area contributed by atoms with Crippen molar-refractivity contribution in [1.82, 2.24) is 15.3 Å². The van der Waals surface area contributed by atoms with Gasteiger partial charge < -0.3 is 5.32 Å². The molecular weight excluding hydrogens is 318 g/mol. The molecule has 1 saturated carbocycles. The number of hydrogen-bond donors (Lipinski definition) is 1. The van der Waals surface area contributed by atoms with Gasteiger partial charge in [-0.2, -0.15) is 0 Å². The van der Waals surface area contributed by atoms with Gasteiger partial charge in [-0.05, 0) is 45.6 Å². The highest BCUT2D eigenvalue weighted by molar-refractivity contribution is 7.20. The molecule has 0 radical (unpaired) electrons. The summed E-state index contributed by atoms with van der Waals surface area (Å²) in [4.78, 5) is 23.8. The van der Waals surface area contributed by atoms with Gasteiger partial charge in [0.1, 0.15) is 10.7 Å². The van der Waals surface area contributed by atoms with Gasteiger partial charge in [0.25, 0.3) is 5.91 Å². The summed E-state index contributed by atoms with van der Waals surface area (Å²) in [5.41, 5.74) is 2.03. The van der Waals surface area contributed by atoms with E-state index in [1.54, 1.807) is 0 Å². The fourth-order valence-corrected chi connectivity index (χ4v) is 4.30. The van der Waals surface area contributed by atoms with Crippen molar-refractivity contribution < 1.29 is 4.79 Å². The van der Waals surface area contributed by atoms with Crippen molar-refractivity contribution in [3.8, 4) is 0 Å². The van der Waals surface area contributed by atoms with Crippen molar-refractivity contribution in [3.63, 3.8) is 0 Å². The number of hydrogen-bond acceptors (Lipinski definition) is 4. The maximum atomic E-state index is 12.7. The lowest BCUT2D eigenvalue weighted by Gasteiger charge is -2.13. The minimum atomic E-state index is 0.0341. The number of nitrogens with one attached hydrogen (secondary N) is 1. The highest BCUT2D eigenvalue weighted by Gasteiger charge is 2.28. The zero-order valence-corrected chi connectivity index (χ0v) is 15.9. The van der Waals surface area contributed by atoms with Crippen LogP contribution in [0.15, 0.2) is 0 Å². The summed E-state index contributed by atoms with van der Waals surface area (Å²) in [7, 11) is 0. The van der Waals surface area contributed by atoms with E-state index in [-0.39, 0.29) is 11.9 Å². The molecule has 0 aliphatic heterocycles. The Labute approximate surface area is 148 Å². The SMILES string of the molecule is CCCCCC(C)NC(=O)c1sc2nc(C3CC3)nc(C)c2c1C. The average molecular weight is 346 g/mol. The second kappa shape index (κ2) is 7.18. The Morgan fingerprint density at radius 2 is 2.04 bits per heavy atom. The summed E-state index contributed by atoms with van der Waals surface area (Å²) in [6.45, 7) is 8.34. The topological polar surface area (TPSA) is 54.9 Å². The molecule has 0 bridgehead atoms. The first kappa shape index (κ1) is 17.3. The number of amides is 1. The average Bonchev–Trinajstić information content (AvgIpc) is 3.32. The summed E-state index contributed by atoms with van der Waals surface area (Å²) >= 11 is 1.51. The first-order valence-electron chi connectivity index (χ1n) is 9.09. The normalized spacial score (nSPS) is 15.7. The van der Waals surface area contributed by atoms with Gasteiger partial charge in [0.05, 0.1) is 10.6 Å². The molecule has 1 aliphatic rings. The molecule has 2 heterocycles. The number of rotatable bonds is 7.